The number of aryl methyl sites for hydroxylation is 2. The van der Waals surface area contributed by atoms with Crippen LogP contribution < -0.4 is 0 Å². The molecule has 3 heterocycles. The van der Waals surface area contributed by atoms with Gasteiger partial charge in [0.2, 0.25) is 21.7 Å². The number of ether oxygens (including phenoxy) is 2. The standard InChI is InChI=1S/C17H21N3O5S/c1-12-3-4-14(16-18-13(2)25-19-16)11-15(12)26(21,22)20-7-5-17(6-8-20)23-9-10-24-17/h3-4,11H,5-10H2,1-2H3. The molecule has 0 bridgehead atoms. The van der Waals surface area contributed by atoms with Crippen LogP contribution in [0.25, 0.3) is 11.4 Å². The van der Waals surface area contributed by atoms with Gasteiger partial charge in [-0.3, -0.25) is 0 Å². The van der Waals surface area contributed by atoms with E-state index in [0.717, 1.165) is 0 Å². The van der Waals surface area contributed by atoms with Crippen molar-refractivity contribution in [3.63, 3.8) is 0 Å². The van der Waals surface area contributed by atoms with Gasteiger partial charge in [0, 0.05) is 38.4 Å². The van der Waals surface area contributed by atoms with E-state index in [1.165, 1.54) is 4.31 Å². The number of hydrogen-bond donors (Lipinski definition) is 0. The third-order valence-electron chi connectivity index (χ3n) is 4.89. The van der Waals surface area contributed by atoms with Gasteiger partial charge >= 0.3 is 0 Å². The summed E-state index contributed by atoms with van der Waals surface area (Å²) in [5.74, 6) is 0.206. The van der Waals surface area contributed by atoms with Crippen LogP contribution in [0.3, 0.4) is 0 Å². The summed E-state index contributed by atoms with van der Waals surface area (Å²) in [5, 5.41) is 3.87. The Morgan fingerprint density at radius 1 is 1.12 bits per heavy atom. The summed E-state index contributed by atoms with van der Waals surface area (Å²) in [5.41, 5.74) is 1.30. The lowest BCUT2D eigenvalue weighted by Crippen LogP contribution is -2.47. The van der Waals surface area contributed by atoms with Crippen LogP contribution in [0.1, 0.15) is 24.3 Å². The molecule has 2 fully saturated rings. The van der Waals surface area contributed by atoms with Crippen LogP contribution in [0, 0.1) is 13.8 Å². The van der Waals surface area contributed by atoms with Crippen molar-refractivity contribution in [1.29, 1.82) is 0 Å². The lowest BCUT2D eigenvalue weighted by Gasteiger charge is -2.37. The van der Waals surface area contributed by atoms with Crippen molar-refractivity contribution in [2.45, 2.75) is 37.4 Å². The van der Waals surface area contributed by atoms with Gasteiger partial charge in [-0.05, 0) is 18.6 Å². The molecule has 8 nitrogen and oxygen atoms in total. The molecule has 0 amide bonds. The van der Waals surface area contributed by atoms with Crippen LogP contribution in [0.5, 0.6) is 0 Å². The molecule has 2 saturated heterocycles. The van der Waals surface area contributed by atoms with Crippen LogP contribution in [0.4, 0.5) is 0 Å². The Morgan fingerprint density at radius 2 is 1.81 bits per heavy atom. The molecule has 0 N–H and O–H groups in total. The fourth-order valence-corrected chi connectivity index (χ4v) is 5.12. The van der Waals surface area contributed by atoms with Gasteiger partial charge in [-0.1, -0.05) is 17.3 Å². The van der Waals surface area contributed by atoms with E-state index >= 15 is 0 Å². The first kappa shape index (κ1) is 17.6. The van der Waals surface area contributed by atoms with Crippen LogP contribution >= 0.6 is 0 Å². The number of hydrogen-bond acceptors (Lipinski definition) is 7. The van der Waals surface area contributed by atoms with Gasteiger partial charge in [-0.25, -0.2) is 8.42 Å². The number of rotatable bonds is 3. The predicted octanol–water partition coefficient (Wildman–Crippen LogP) is 1.88. The van der Waals surface area contributed by atoms with Gasteiger partial charge in [0.05, 0.1) is 18.1 Å². The molecule has 140 valence electrons. The topological polar surface area (TPSA) is 94.8 Å². The van der Waals surface area contributed by atoms with Crippen molar-refractivity contribution in [1.82, 2.24) is 14.4 Å². The van der Waals surface area contributed by atoms with Crippen LogP contribution in [-0.2, 0) is 19.5 Å². The highest BCUT2D eigenvalue weighted by molar-refractivity contribution is 7.89. The predicted molar refractivity (Wildman–Crippen MR) is 91.8 cm³/mol. The highest BCUT2D eigenvalue weighted by atomic mass is 32.2. The molecule has 0 aliphatic carbocycles. The first-order valence-corrected chi connectivity index (χ1v) is 10.0. The monoisotopic (exact) mass is 379 g/mol. The number of benzene rings is 1. The van der Waals surface area contributed by atoms with Crippen molar-refractivity contribution in [2.24, 2.45) is 0 Å². The summed E-state index contributed by atoms with van der Waals surface area (Å²) < 4.78 is 44.2. The van der Waals surface area contributed by atoms with E-state index in [9.17, 15) is 8.42 Å². The van der Waals surface area contributed by atoms with Crippen molar-refractivity contribution < 1.29 is 22.4 Å². The van der Waals surface area contributed by atoms with Gasteiger partial charge in [-0.15, -0.1) is 0 Å². The summed E-state index contributed by atoms with van der Waals surface area (Å²) in [4.78, 5) is 4.44. The normalized spacial score (nSPS) is 20.7. The molecule has 2 aromatic rings. The summed E-state index contributed by atoms with van der Waals surface area (Å²) in [6.45, 7) is 5.35. The third-order valence-corrected chi connectivity index (χ3v) is 6.93. The maximum Gasteiger partial charge on any atom is 0.243 e. The van der Waals surface area contributed by atoms with E-state index in [-0.39, 0.29) is 4.90 Å². The lowest BCUT2D eigenvalue weighted by atomic mass is 10.1. The number of sulfonamides is 1. The maximum atomic E-state index is 13.2. The second-order valence-corrected chi connectivity index (χ2v) is 8.54. The van der Waals surface area contributed by atoms with Gasteiger partial charge in [0.15, 0.2) is 5.79 Å². The molecule has 0 radical (unpaired) electrons. The average molecular weight is 379 g/mol. The van der Waals surface area contributed by atoms with E-state index in [4.69, 9.17) is 14.0 Å². The Labute approximate surface area is 152 Å². The third kappa shape index (κ3) is 3.05. The summed E-state index contributed by atoms with van der Waals surface area (Å²) in [6, 6.07) is 5.18. The number of aromatic nitrogens is 2. The van der Waals surface area contributed by atoms with Crippen LogP contribution in [-0.4, -0.2) is 55.0 Å². The van der Waals surface area contributed by atoms with Crippen LogP contribution in [0.15, 0.2) is 27.6 Å². The maximum absolute atomic E-state index is 13.2. The quantitative estimate of drug-likeness (QED) is 0.803. The van der Waals surface area contributed by atoms with E-state index < -0.39 is 15.8 Å². The molecule has 2 aliphatic rings. The van der Waals surface area contributed by atoms with Crippen molar-refractivity contribution in [3.05, 3.63) is 29.7 Å². The molecule has 4 rings (SSSR count). The minimum absolute atomic E-state index is 0.265. The number of nitrogens with zero attached hydrogens (tertiary/aromatic N) is 3. The first-order valence-electron chi connectivity index (χ1n) is 8.59. The molecule has 0 atom stereocenters. The van der Waals surface area contributed by atoms with Crippen molar-refractivity contribution in [3.8, 4) is 11.4 Å². The van der Waals surface area contributed by atoms with Crippen LogP contribution in [0.2, 0.25) is 0 Å². The molecule has 1 aromatic carbocycles. The highest BCUT2D eigenvalue weighted by Gasteiger charge is 2.42. The van der Waals surface area contributed by atoms with Gasteiger partial charge in [-0.2, -0.15) is 9.29 Å². The molecule has 1 aromatic heterocycles. The van der Waals surface area contributed by atoms with Crippen molar-refractivity contribution >= 4 is 10.0 Å². The van der Waals surface area contributed by atoms with E-state index in [0.29, 0.717) is 62.0 Å². The summed E-state index contributed by atoms with van der Waals surface area (Å²) >= 11 is 0. The van der Waals surface area contributed by atoms with Gasteiger partial charge in [0.25, 0.3) is 0 Å². The Morgan fingerprint density at radius 3 is 2.42 bits per heavy atom. The van der Waals surface area contributed by atoms with E-state index in [1.54, 1.807) is 32.0 Å². The van der Waals surface area contributed by atoms with E-state index in [1.807, 2.05) is 0 Å². The largest absolute Gasteiger partial charge is 0.347 e. The Bertz CT molecular complexity index is 908. The minimum atomic E-state index is -3.63. The molecule has 0 unspecified atom stereocenters. The SMILES string of the molecule is Cc1nc(-c2ccc(C)c(S(=O)(=O)N3CCC4(CC3)OCCO4)c2)no1. The fraction of sp³-hybridized carbons (Fsp3) is 0.529. The lowest BCUT2D eigenvalue weighted by molar-refractivity contribution is -0.179. The first-order chi connectivity index (χ1) is 12.4. The smallest absolute Gasteiger partial charge is 0.243 e. The zero-order valence-electron chi connectivity index (χ0n) is 14.8. The molecular weight excluding hydrogens is 358 g/mol. The van der Waals surface area contributed by atoms with Gasteiger partial charge < -0.3 is 14.0 Å². The zero-order valence-corrected chi connectivity index (χ0v) is 15.6. The van der Waals surface area contributed by atoms with Crippen molar-refractivity contribution in [2.75, 3.05) is 26.3 Å². The summed E-state index contributed by atoms with van der Waals surface area (Å²) in [7, 11) is -3.63. The molecule has 2 aliphatic heterocycles. The molecule has 9 heteroatoms. The Hall–Kier alpha value is -1.81. The Kier molecular flexibility index (Phi) is 4.34. The van der Waals surface area contributed by atoms with Gasteiger partial charge in [0.1, 0.15) is 0 Å². The molecule has 1 spiro atoms. The van der Waals surface area contributed by atoms with E-state index in [2.05, 4.69) is 10.1 Å². The number of piperidine rings is 1. The molecule has 0 saturated carbocycles. The zero-order chi connectivity index (χ0) is 18.4. The minimum Gasteiger partial charge on any atom is -0.347 e. The molecular formula is C17H21N3O5S. The Balaban J connectivity index is 1.61. The second kappa shape index (κ2) is 6.41. The summed E-state index contributed by atoms with van der Waals surface area (Å²) in [6.07, 6.45) is 1.07. The highest BCUT2D eigenvalue weighted by Crippen LogP contribution is 2.34. The molecule has 26 heavy (non-hydrogen) atoms. The fourth-order valence-electron chi connectivity index (χ4n) is 3.43. The average Bonchev–Trinajstić information content (AvgIpc) is 3.25. The second-order valence-electron chi connectivity index (χ2n) is 6.63.